The molecule has 0 atom stereocenters. The molecule has 3 heterocycles. The van der Waals surface area contributed by atoms with Crippen LogP contribution in [0.25, 0.3) is 22.4 Å². The Balaban J connectivity index is 0.000000817. The molecule has 0 radical (unpaired) electrons. The Morgan fingerprint density at radius 1 is 1.33 bits per heavy atom. The number of carbonyl (C=O) groups is 1. The van der Waals surface area contributed by atoms with Crippen LogP contribution in [0.2, 0.25) is 0 Å². The molecule has 0 unspecified atom stereocenters. The molecule has 8 nitrogen and oxygen atoms in total. The fraction of sp³-hybridized carbons (Fsp3) is 0.211. The van der Waals surface area contributed by atoms with Crippen molar-refractivity contribution in [1.82, 2.24) is 19.7 Å². The molecule has 0 aliphatic carbocycles. The minimum absolute atomic E-state index is 0.226. The Morgan fingerprint density at radius 3 is 2.59 bits per heavy atom. The van der Waals surface area contributed by atoms with Gasteiger partial charge in [0, 0.05) is 41.3 Å². The minimum atomic E-state index is -0.250. The number of pyridine rings is 2. The van der Waals surface area contributed by atoms with Crippen molar-refractivity contribution >= 4 is 12.3 Å². The second kappa shape index (κ2) is 9.10. The maximum atomic E-state index is 9.52. The van der Waals surface area contributed by atoms with Gasteiger partial charge in [-0.3, -0.25) is 14.5 Å². The Bertz CT molecular complexity index is 960. The molecule has 3 aromatic heterocycles. The standard InChI is InChI=1S/C18H18N6.CH2O2/c1-3-8-24-12(2)16(11-22-24)14-9-17(13-4-6-21-7-5-13)23-18(20)15(14)10-19;2-1-3/h4-7,9,11H,3,8H2,1-2H3,(H2,20,23);1H,(H,2,3). The number of aromatic nitrogens is 4. The summed E-state index contributed by atoms with van der Waals surface area (Å²) >= 11 is 0. The van der Waals surface area contributed by atoms with Crippen LogP contribution in [0.5, 0.6) is 0 Å². The first-order valence-corrected chi connectivity index (χ1v) is 8.28. The van der Waals surface area contributed by atoms with Gasteiger partial charge >= 0.3 is 0 Å². The van der Waals surface area contributed by atoms with E-state index in [9.17, 15) is 5.26 Å². The van der Waals surface area contributed by atoms with E-state index in [-0.39, 0.29) is 12.3 Å². The zero-order chi connectivity index (χ0) is 19.8. The van der Waals surface area contributed by atoms with Crippen LogP contribution in [-0.2, 0) is 11.3 Å². The monoisotopic (exact) mass is 364 g/mol. The number of carboxylic acid groups (broad SMARTS) is 1. The lowest BCUT2D eigenvalue weighted by Crippen LogP contribution is -2.02. The van der Waals surface area contributed by atoms with Gasteiger partial charge in [-0.15, -0.1) is 0 Å². The van der Waals surface area contributed by atoms with Crippen LogP contribution in [0, 0.1) is 18.3 Å². The zero-order valence-corrected chi connectivity index (χ0v) is 15.1. The maximum Gasteiger partial charge on any atom is 0.290 e. The number of nitrogens with zero attached hydrogens (tertiary/aromatic N) is 5. The lowest BCUT2D eigenvalue weighted by Gasteiger charge is -2.10. The normalized spacial score (nSPS) is 9.81. The van der Waals surface area contributed by atoms with Gasteiger partial charge in [-0.2, -0.15) is 10.4 Å². The highest BCUT2D eigenvalue weighted by Gasteiger charge is 2.17. The highest BCUT2D eigenvalue weighted by atomic mass is 16.3. The van der Waals surface area contributed by atoms with Crippen LogP contribution in [-0.4, -0.2) is 31.3 Å². The van der Waals surface area contributed by atoms with E-state index in [1.807, 2.05) is 29.8 Å². The van der Waals surface area contributed by atoms with Crippen molar-refractivity contribution in [2.45, 2.75) is 26.8 Å². The summed E-state index contributed by atoms with van der Waals surface area (Å²) < 4.78 is 1.94. The van der Waals surface area contributed by atoms with Crippen molar-refractivity contribution in [3.05, 3.63) is 48.0 Å². The second-order valence-corrected chi connectivity index (χ2v) is 5.64. The van der Waals surface area contributed by atoms with Crippen LogP contribution < -0.4 is 5.73 Å². The van der Waals surface area contributed by atoms with E-state index in [0.717, 1.165) is 35.3 Å². The largest absolute Gasteiger partial charge is 0.483 e. The number of nitriles is 1. The summed E-state index contributed by atoms with van der Waals surface area (Å²) in [6.07, 6.45) is 6.19. The third kappa shape index (κ3) is 4.27. The van der Waals surface area contributed by atoms with Gasteiger partial charge in [-0.05, 0) is 31.5 Å². The van der Waals surface area contributed by atoms with Gasteiger partial charge in [0.15, 0.2) is 0 Å². The van der Waals surface area contributed by atoms with Gasteiger partial charge in [-0.25, -0.2) is 4.98 Å². The first kappa shape index (κ1) is 19.6. The van der Waals surface area contributed by atoms with E-state index >= 15 is 0 Å². The number of anilines is 1. The molecular weight excluding hydrogens is 344 g/mol. The zero-order valence-electron chi connectivity index (χ0n) is 15.1. The van der Waals surface area contributed by atoms with Crippen molar-refractivity contribution in [2.24, 2.45) is 0 Å². The quantitative estimate of drug-likeness (QED) is 0.680. The van der Waals surface area contributed by atoms with Crippen molar-refractivity contribution in [2.75, 3.05) is 5.73 Å². The average molecular weight is 364 g/mol. The third-order valence-corrected chi connectivity index (χ3v) is 3.96. The molecule has 0 spiro atoms. The van der Waals surface area contributed by atoms with E-state index in [2.05, 4.69) is 28.1 Å². The van der Waals surface area contributed by atoms with E-state index in [1.165, 1.54) is 0 Å². The summed E-state index contributed by atoms with van der Waals surface area (Å²) in [5, 5.41) is 20.8. The van der Waals surface area contributed by atoms with Crippen LogP contribution in [0.1, 0.15) is 24.6 Å². The molecule has 138 valence electrons. The number of rotatable bonds is 4. The molecule has 0 saturated carbocycles. The van der Waals surface area contributed by atoms with Gasteiger partial charge in [-0.1, -0.05) is 6.92 Å². The molecule has 0 amide bonds. The first-order valence-electron chi connectivity index (χ1n) is 8.28. The Kier molecular flexibility index (Phi) is 6.61. The molecule has 3 N–H and O–H groups in total. The van der Waals surface area contributed by atoms with Crippen LogP contribution >= 0.6 is 0 Å². The van der Waals surface area contributed by atoms with E-state index in [1.54, 1.807) is 18.6 Å². The molecule has 0 aliphatic heterocycles. The highest BCUT2D eigenvalue weighted by molar-refractivity contribution is 5.80. The van der Waals surface area contributed by atoms with Crippen LogP contribution in [0.3, 0.4) is 0 Å². The smallest absolute Gasteiger partial charge is 0.290 e. The first-order chi connectivity index (χ1) is 13.1. The molecular formula is C19H20N6O2. The molecule has 3 aromatic rings. The minimum Gasteiger partial charge on any atom is -0.483 e. The highest BCUT2D eigenvalue weighted by Crippen LogP contribution is 2.32. The van der Waals surface area contributed by atoms with Crippen molar-refractivity contribution < 1.29 is 9.90 Å². The molecule has 3 rings (SSSR count). The summed E-state index contributed by atoms with van der Waals surface area (Å²) in [6, 6.07) is 7.80. The fourth-order valence-corrected chi connectivity index (χ4v) is 2.71. The Hall–Kier alpha value is -3.73. The maximum absolute atomic E-state index is 9.52. The van der Waals surface area contributed by atoms with Gasteiger partial charge < -0.3 is 10.8 Å². The van der Waals surface area contributed by atoms with Crippen molar-refractivity contribution in [3.63, 3.8) is 0 Å². The summed E-state index contributed by atoms with van der Waals surface area (Å²) in [5.41, 5.74) is 10.7. The topological polar surface area (TPSA) is 131 Å². The van der Waals surface area contributed by atoms with Crippen LogP contribution in [0.4, 0.5) is 5.82 Å². The molecule has 0 aliphatic rings. The van der Waals surface area contributed by atoms with Gasteiger partial charge in [0.05, 0.1) is 11.9 Å². The number of hydrogen-bond donors (Lipinski definition) is 2. The number of nitrogens with two attached hydrogens (primary N) is 1. The Morgan fingerprint density at radius 2 is 2.00 bits per heavy atom. The SMILES string of the molecule is CCCn1ncc(-c2cc(-c3ccncc3)nc(N)c2C#N)c1C.O=CO. The molecule has 0 aromatic carbocycles. The predicted molar refractivity (Wildman–Crippen MR) is 102 cm³/mol. The van der Waals surface area contributed by atoms with Crippen molar-refractivity contribution in [1.29, 1.82) is 5.26 Å². The summed E-state index contributed by atoms with van der Waals surface area (Å²) in [5.74, 6) is 0.226. The molecule has 8 heteroatoms. The van der Waals surface area contributed by atoms with Crippen LogP contribution in [0.15, 0.2) is 36.8 Å². The lowest BCUT2D eigenvalue weighted by atomic mass is 9.99. The Labute approximate surface area is 156 Å². The molecule has 0 saturated heterocycles. The summed E-state index contributed by atoms with van der Waals surface area (Å²) in [7, 11) is 0. The number of hydrogen-bond acceptors (Lipinski definition) is 6. The third-order valence-electron chi connectivity index (χ3n) is 3.96. The molecule has 0 bridgehead atoms. The molecule has 27 heavy (non-hydrogen) atoms. The fourth-order valence-electron chi connectivity index (χ4n) is 2.71. The van der Waals surface area contributed by atoms with Crippen molar-refractivity contribution in [3.8, 4) is 28.5 Å². The van der Waals surface area contributed by atoms with E-state index in [4.69, 9.17) is 15.6 Å². The predicted octanol–water partition coefficient (Wildman–Crippen LogP) is 2.88. The average Bonchev–Trinajstić information content (AvgIpc) is 3.03. The van der Waals surface area contributed by atoms with Gasteiger partial charge in [0.1, 0.15) is 17.5 Å². The summed E-state index contributed by atoms with van der Waals surface area (Å²) in [4.78, 5) is 16.8. The number of nitrogen functional groups attached to an aromatic ring is 1. The van der Waals surface area contributed by atoms with Gasteiger partial charge in [0.2, 0.25) is 0 Å². The van der Waals surface area contributed by atoms with E-state index < -0.39 is 0 Å². The molecule has 0 fully saturated rings. The lowest BCUT2D eigenvalue weighted by molar-refractivity contribution is -0.122. The number of aryl methyl sites for hydroxylation is 1. The summed E-state index contributed by atoms with van der Waals surface area (Å²) in [6.45, 7) is 4.70. The van der Waals surface area contributed by atoms with Gasteiger partial charge in [0.25, 0.3) is 6.47 Å². The van der Waals surface area contributed by atoms with E-state index in [0.29, 0.717) is 11.3 Å². The second-order valence-electron chi connectivity index (χ2n) is 5.64.